The molecule has 0 aliphatic carbocycles. The first-order valence-corrected chi connectivity index (χ1v) is 6.77. The van der Waals surface area contributed by atoms with E-state index in [9.17, 15) is 4.79 Å². The first-order valence-electron chi connectivity index (χ1n) is 6.77. The molecule has 2 saturated heterocycles. The summed E-state index contributed by atoms with van der Waals surface area (Å²) < 4.78 is 5.24. The molecular weight excluding hydrogens is 234 g/mol. The Morgan fingerprint density at radius 1 is 1.50 bits per heavy atom. The van der Waals surface area contributed by atoms with Crippen LogP contribution in [-0.2, 0) is 4.74 Å². The summed E-state index contributed by atoms with van der Waals surface area (Å²) in [5.74, 6) is 0. The summed E-state index contributed by atoms with van der Waals surface area (Å²) in [4.78, 5) is 13.8. The Balaban J connectivity index is 1.80. The van der Waals surface area contributed by atoms with Crippen LogP contribution in [0.2, 0.25) is 0 Å². The molecule has 0 aromatic rings. The van der Waals surface area contributed by atoms with Gasteiger partial charge in [0.2, 0.25) is 0 Å². The van der Waals surface area contributed by atoms with Crippen LogP contribution in [0.15, 0.2) is 0 Å². The van der Waals surface area contributed by atoms with Crippen molar-refractivity contribution in [2.45, 2.75) is 31.3 Å². The van der Waals surface area contributed by atoms with Gasteiger partial charge in [0.1, 0.15) is 0 Å². The molecular formula is C12H23N3O3. The van der Waals surface area contributed by atoms with E-state index >= 15 is 0 Å². The Hall–Kier alpha value is -0.850. The summed E-state index contributed by atoms with van der Waals surface area (Å²) >= 11 is 0. The Morgan fingerprint density at radius 2 is 2.39 bits per heavy atom. The number of aliphatic hydroxyl groups excluding tert-OH is 1. The van der Waals surface area contributed by atoms with Gasteiger partial charge in [0.15, 0.2) is 0 Å². The molecule has 2 rings (SSSR count). The second-order valence-corrected chi connectivity index (χ2v) is 4.97. The van der Waals surface area contributed by atoms with Crippen LogP contribution >= 0.6 is 0 Å². The monoisotopic (exact) mass is 257 g/mol. The summed E-state index contributed by atoms with van der Waals surface area (Å²) in [5, 5.41) is 15.4. The third-order valence-electron chi connectivity index (χ3n) is 3.52. The van der Waals surface area contributed by atoms with Crippen molar-refractivity contribution in [3.05, 3.63) is 0 Å². The quantitative estimate of drug-likeness (QED) is 0.622. The van der Waals surface area contributed by atoms with Gasteiger partial charge in [-0.05, 0) is 25.8 Å². The predicted octanol–water partition coefficient (Wildman–Crippen LogP) is -0.469. The second kappa shape index (κ2) is 6.92. The van der Waals surface area contributed by atoms with E-state index < -0.39 is 0 Å². The molecule has 0 bridgehead atoms. The van der Waals surface area contributed by atoms with Gasteiger partial charge in [-0.25, -0.2) is 4.79 Å². The molecule has 0 saturated carbocycles. The largest absolute Gasteiger partial charge is 0.395 e. The maximum Gasteiger partial charge on any atom is 0.317 e. The number of urea groups is 1. The van der Waals surface area contributed by atoms with E-state index in [1.54, 1.807) is 4.90 Å². The summed E-state index contributed by atoms with van der Waals surface area (Å²) in [5.41, 5.74) is 0. The number of hydrogen-bond acceptors (Lipinski definition) is 4. The molecule has 2 aliphatic rings. The first kappa shape index (κ1) is 13.6. The lowest BCUT2D eigenvalue weighted by Crippen LogP contribution is -2.49. The van der Waals surface area contributed by atoms with Gasteiger partial charge in [-0.2, -0.15) is 0 Å². The molecule has 0 spiro atoms. The first-order chi connectivity index (χ1) is 8.79. The molecule has 2 fully saturated rings. The van der Waals surface area contributed by atoms with Crippen LogP contribution in [0.4, 0.5) is 4.79 Å². The number of carbonyl (C=O) groups excluding carboxylic acids is 1. The number of nitrogens with one attached hydrogen (secondary N) is 2. The fraction of sp³-hybridized carbons (Fsp3) is 0.917. The third kappa shape index (κ3) is 3.83. The Kier molecular flexibility index (Phi) is 5.22. The van der Waals surface area contributed by atoms with Crippen LogP contribution < -0.4 is 10.6 Å². The van der Waals surface area contributed by atoms with Crippen molar-refractivity contribution in [3.63, 3.8) is 0 Å². The lowest BCUT2D eigenvalue weighted by atomic mass is 10.2. The number of carbonyl (C=O) groups is 1. The van der Waals surface area contributed by atoms with Crippen LogP contribution in [0.25, 0.3) is 0 Å². The summed E-state index contributed by atoms with van der Waals surface area (Å²) in [6.45, 7) is 3.39. The third-order valence-corrected chi connectivity index (χ3v) is 3.52. The van der Waals surface area contributed by atoms with Gasteiger partial charge in [-0.1, -0.05) is 0 Å². The maximum atomic E-state index is 12.1. The molecule has 3 N–H and O–H groups in total. The fourth-order valence-electron chi connectivity index (χ4n) is 2.49. The zero-order valence-corrected chi connectivity index (χ0v) is 10.7. The lowest BCUT2D eigenvalue weighted by molar-refractivity contribution is 0.162. The van der Waals surface area contributed by atoms with E-state index in [2.05, 4.69) is 10.6 Å². The number of hydrogen-bond donors (Lipinski definition) is 3. The smallest absolute Gasteiger partial charge is 0.317 e. The van der Waals surface area contributed by atoms with Crippen molar-refractivity contribution in [2.24, 2.45) is 0 Å². The molecule has 18 heavy (non-hydrogen) atoms. The minimum absolute atomic E-state index is 0.00130. The van der Waals surface area contributed by atoms with E-state index in [4.69, 9.17) is 9.84 Å². The molecule has 0 radical (unpaired) electrons. The predicted molar refractivity (Wildman–Crippen MR) is 67.4 cm³/mol. The van der Waals surface area contributed by atoms with Crippen LogP contribution in [0.3, 0.4) is 0 Å². The molecule has 6 heteroatoms. The van der Waals surface area contributed by atoms with Gasteiger partial charge in [0, 0.05) is 25.7 Å². The summed E-state index contributed by atoms with van der Waals surface area (Å²) in [7, 11) is 0. The molecule has 2 atom stereocenters. The van der Waals surface area contributed by atoms with Gasteiger partial charge in [0.05, 0.1) is 19.3 Å². The maximum absolute atomic E-state index is 12.1. The summed E-state index contributed by atoms with van der Waals surface area (Å²) in [6.07, 6.45) is 3.14. The molecule has 2 amide bonds. The molecule has 2 heterocycles. The number of nitrogens with zero attached hydrogens (tertiary/aromatic N) is 1. The lowest BCUT2D eigenvalue weighted by Gasteiger charge is -2.26. The van der Waals surface area contributed by atoms with Crippen molar-refractivity contribution in [1.29, 1.82) is 0 Å². The van der Waals surface area contributed by atoms with Gasteiger partial charge in [-0.15, -0.1) is 0 Å². The van der Waals surface area contributed by atoms with Crippen LogP contribution in [0.5, 0.6) is 0 Å². The SMILES string of the molecule is O=C(NC1CCOC1)N(CCO)CC1CCCN1. The van der Waals surface area contributed by atoms with Gasteiger partial charge in [0.25, 0.3) is 0 Å². The van der Waals surface area contributed by atoms with E-state index in [0.29, 0.717) is 25.7 Å². The molecule has 6 nitrogen and oxygen atoms in total. The van der Waals surface area contributed by atoms with Crippen LogP contribution in [0, 0.1) is 0 Å². The number of rotatable bonds is 5. The van der Waals surface area contributed by atoms with Crippen molar-refractivity contribution < 1.29 is 14.6 Å². The Bertz CT molecular complexity index is 263. The second-order valence-electron chi connectivity index (χ2n) is 4.97. The molecule has 2 aliphatic heterocycles. The number of ether oxygens (including phenoxy) is 1. The average molecular weight is 257 g/mol. The average Bonchev–Trinajstić information content (AvgIpc) is 3.01. The van der Waals surface area contributed by atoms with Gasteiger partial charge in [-0.3, -0.25) is 0 Å². The van der Waals surface area contributed by atoms with Crippen molar-refractivity contribution in [3.8, 4) is 0 Å². The number of amides is 2. The van der Waals surface area contributed by atoms with E-state index in [-0.39, 0.29) is 18.7 Å². The highest BCUT2D eigenvalue weighted by Crippen LogP contribution is 2.08. The molecule has 0 aromatic carbocycles. The minimum atomic E-state index is -0.0896. The highest BCUT2D eigenvalue weighted by molar-refractivity contribution is 5.74. The Morgan fingerprint density at radius 3 is 3.00 bits per heavy atom. The highest BCUT2D eigenvalue weighted by Gasteiger charge is 2.24. The van der Waals surface area contributed by atoms with Crippen molar-refractivity contribution in [2.75, 3.05) is 39.5 Å². The van der Waals surface area contributed by atoms with Crippen molar-refractivity contribution >= 4 is 6.03 Å². The Labute approximate surface area is 108 Å². The van der Waals surface area contributed by atoms with E-state index in [0.717, 1.165) is 32.4 Å². The topological polar surface area (TPSA) is 73.8 Å². The number of aliphatic hydroxyl groups is 1. The summed E-state index contributed by atoms with van der Waals surface area (Å²) in [6, 6.07) is 0.394. The standard InChI is InChI=1S/C12H23N3O3/c16-6-5-15(8-10-2-1-4-13-10)12(17)14-11-3-7-18-9-11/h10-11,13,16H,1-9H2,(H,14,17). The van der Waals surface area contributed by atoms with E-state index in [1.807, 2.05) is 0 Å². The van der Waals surface area contributed by atoms with Crippen LogP contribution in [0.1, 0.15) is 19.3 Å². The van der Waals surface area contributed by atoms with Gasteiger partial charge >= 0.3 is 6.03 Å². The zero-order valence-electron chi connectivity index (χ0n) is 10.7. The van der Waals surface area contributed by atoms with E-state index in [1.165, 1.54) is 0 Å². The highest BCUT2D eigenvalue weighted by atomic mass is 16.5. The molecule has 0 aromatic heterocycles. The minimum Gasteiger partial charge on any atom is -0.395 e. The normalized spacial score (nSPS) is 27.4. The molecule has 104 valence electrons. The van der Waals surface area contributed by atoms with Crippen molar-refractivity contribution in [1.82, 2.24) is 15.5 Å². The molecule has 2 unspecified atom stereocenters. The van der Waals surface area contributed by atoms with Crippen LogP contribution in [-0.4, -0.2) is 67.6 Å². The fourth-order valence-corrected chi connectivity index (χ4v) is 2.49. The van der Waals surface area contributed by atoms with Gasteiger partial charge < -0.3 is 25.4 Å². The zero-order chi connectivity index (χ0) is 12.8.